The van der Waals surface area contributed by atoms with E-state index in [9.17, 15) is 9.18 Å². The molecule has 3 aromatic rings. The van der Waals surface area contributed by atoms with Crippen molar-refractivity contribution >= 4 is 11.0 Å². The Hall–Kier alpha value is -2.54. The minimum Gasteiger partial charge on any atom is -0.356 e. The number of nitrogens with zero attached hydrogens (tertiary/aromatic N) is 4. The van der Waals surface area contributed by atoms with E-state index in [4.69, 9.17) is 4.52 Å². The molecular weight excluding hydrogens is 359 g/mol. The van der Waals surface area contributed by atoms with Crippen LogP contribution in [0.1, 0.15) is 41.5 Å². The Morgan fingerprint density at radius 1 is 1.25 bits per heavy atom. The van der Waals surface area contributed by atoms with Gasteiger partial charge in [0.05, 0.1) is 5.69 Å². The molecule has 4 rings (SSSR count). The van der Waals surface area contributed by atoms with E-state index in [1.165, 1.54) is 12.1 Å². The van der Waals surface area contributed by atoms with E-state index in [0.29, 0.717) is 17.9 Å². The summed E-state index contributed by atoms with van der Waals surface area (Å²) in [6, 6.07) is 4.60. The van der Waals surface area contributed by atoms with Crippen molar-refractivity contribution in [3.63, 3.8) is 0 Å². The van der Waals surface area contributed by atoms with E-state index in [1.54, 1.807) is 17.7 Å². The first-order valence-electron chi connectivity index (χ1n) is 9.74. The molecule has 1 aliphatic rings. The summed E-state index contributed by atoms with van der Waals surface area (Å²) in [5.74, 6) is 0.752. The molecule has 1 aliphatic heterocycles. The van der Waals surface area contributed by atoms with Gasteiger partial charge in [-0.2, -0.15) is 0 Å². The fourth-order valence-electron chi connectivity index (χ4n) is 4.10. The van der Waals surface area contributed by atoms with Gasteiger partial charge in [-0.3, -0.25) is 9.36 Å². The van der Waals surface area contributed by atoms with Gasteiger partial charge in [0, 0.05) is 42.2 Å². The van der Waals surface area contributed by atoms with Crippen molar-refractivity contribution < 1.29 is 8.91 Å². The molecule has 1 saturated heterocycles. The third-order valence-corrected chi connectivity index (χ3v) is 5.93. The Morgan fingerprint density at radius 2 is 2.00 bits per heavy atom. The van der Waals surface area contributed by atoms with E-state index in [-0.39, 0.29) is 11.4 Å². The molecule has 2 aromatic heterocycles. The minimum atomic E-state index is -0.308. The van der Waals surface area contributed by atoms with Crippen LogP contribution in [0.5, 0.6) is 0 Å². The van der Waals surface area contributed by atoms with E-state index >= 15 is 0 Å². The van der Waals surface area contributed by atoms with Crippen LogP contribution in [0.25, 0.3) is 11.0 Å². The van der Waals surface area contributed by atoms with Gasteiger partial charge in [-0.1, -0.05) is 5.16 Å². The molecule has 0 bridgehead atoms. The van der Waals surface area contributed by atoms with Gasteiger partial charge in [0.2, 0.25) is 0 Å². The second-order valence-electron chi connectivity index (χ2n) is 7.66. The molecule has 3 heterocycles. The van der Waals surface area contributed by atoms with Crippen molar-refractivity contribution in [1.82, 2.24) is 19.6 Å². The normalized spacial score (nSPS) is 16.1. The number of hydrogen-bond donors (Lipinski definition) is 0. The Labute approximate surface area is 163 Å². The van der Waals surface area contributed by atoms with Crippen LogP contribution in [0.15, 0.2) is 27.5 Å². The maximum Gasteiger partial charge on any atom is 0.256 e. The Kier molecular flexibility index (Phi) is 5.02. The van der Waals surface area contributed by atoms with Gasteiger partial charge >= 0.3 is 0 Å². The summed E-state index contributed by atoms with van der Waals surface area (Å²) in [5.41, 5.74) is 3.13. The lowest BCUT2D eigenvalue weighted by molar-refractivity contribution is 0.211. The average molecular weight is 384 g/mol. The molecule has 0 spiro atoms. The summed E-state index contributed by atoms with van der Waals surface area (Å²) in [7, 11) is 1.77. The van der Waals surface area contributed by atoms with Gasteiger partial charge in [-0.15, -0.1) is 0 Å². The van der Waals surface area contributed by atoms with Crippen molar-refractivity contribution in [3.05, 3.63) is 57.1 Å². The fourth-order valence-corrected chi connectivity index (χ4v) is 4.10. The van der Waals surface area contributed by atoms with Crippen LogP contribution in [0, 0.1) is 19.7 Å². The topological polar surface area (TPSA) is 64.2 Å². The molecule has 28 heavy (non-hydrogen) atoms. The SMILES string of the molecule is Cc1nc(C)n(C)c(=O)c1CCN1CCC(c2noc3cc(F)ccc23)CC1. The second kappa shape index (κ2) is 7.47. The van der Waals surface area contributed by atoms with Crippen LogP contribution in [0.3, 0.4) is 0 Å². The van der Waals surface area contributed by atoms with Gasteiger partial charge in [0.15, 0.2) is 5.58 Å². The Morgan fingerprint density at radius 3 is 2.75 bits per heavy atom. The molecule has 7 heteroatoms. The highest BCUT2D eigenvalue weighted by atomic mass is 19.1. The number of rotatable bonds is 4. The lowest BCUT2D eigenvalue weighted by Gasteiger charge is -2.31. The van der Waals surface area contributed by atoms with Gasteiger partial charge in [-0.05, 0) is 58.3 Å². The monoisotopic (exact) mass is 384 g/mol. The molecule has 0 aliphatic carbocycles. The summed E-state index contributed by atoms with van der Waals surface area (Å²) < 4.78 is 20.3. The predicted molar refractivity (Wildman–Crippen MR) is 105 cm³/mol. The highest BCUT2D eigenvalue weighted by molar-refractivity contribution is 5.79. The number of hydrogen-bond acceptors (Lipinski definition) is 5. The fraction of sp³-hybridized carbons (Fsp3) is 0.476. The van der Waals surface area contributed by atoms with Gasteiger partial charge in [0.1, 0.15) is 11.6 Å². The highest BCUT2D eigenvalue weighted by Gasteiger charge is 2.25. The van der Waals surface area contributed by atoms with Gasteiger partial charge in [-0.25, -0.2) is 9.37 Å². The number of likely N-dealkylation sites (tertiary alicyclic amines) is 1. The third-order valence-electron chi connectivity index (χ3n) is 5.93. The summed E-state index contributed by atoms with van der Waals surface area (Å²) in [6.45, 7) is 6.50. The minimum absolute atomic E-state index is 0.0567. The van der Waals surface area contributed by atoms with Crippen LogP contribution < -0.4 is 5.56 Å². The lowest BCUT2D eigenvalue weighted by atomic mass is 9.91. The van der Waals surface area contributed by atoms with E-state index in [2.05, 4.69) is 15.0 Å². The first-order valence-corrected chi connectivity index (χ1v) is 9.74. The average Bonchev–Trinajstić information content (AvgIpc) is 3.09. The first-order chi connectivity index (χ1) is 13.4. The largest absolute Gasteiger partial charge is 0.356 e. The molecule has 1 fully saturated rings. The zero-order chi connectivity index (χ0) is 19.8. The van der Waals surface area contributed by atoms with Crippen LogP contribution in [0.4, 0.5) is 4.39 Å². The summed E-state index contributed by atoms with van der Waals surface area (Å²) in [4.78, 5) is 19.4. The molecule has 0 radical (unpaired) electrons. The van der Waals surface area contributed by atoms with Crippen molar-refractivity contribution in [2.45, 2.75) is 39.0 Å². The van der Waals surface area contributed by atoms with E-state index in [1.807, 2.05) is 13.8 Å². The third kappa shape index (κ3) is 3.46. The summed E-state index contributed by atoms with van der Waals surface area (Å²) in [6.07, 6.45) is 2.66. The number of piperidine rings is 1. The molecule has 148 valence electrons. The summed E-state index contributed by atoms with van der Waals surface area (Å²) >= 11 is 0. The number of halogens is 1. The number of fused-ring (bicyclic) bond motifs is 1. The highest BCUT2D eigenvalue weighted by Crippen LogP contribution is 2.32. The zero-order valence-corrected chi connectivity index (χ0v) is 16.5. The molecule has 0 saturated carbocycles. The molecule has 0 atom stereocenters. The second-order valence-corrected chi connectivity index (χ2v) is 7.66. The van der Waals surface area contributed by atoms with Crippen molar-refractivity contribution in [3.8, 4) is 0 Å². The quantitative estimate of drug-likeness (QED) is 0.692. The molecule has 1 aromatic carbocycles. The first kappa shape index (κ1) is 18.8. The molecule has 6 nitrogen and oxygen atoms in total. The van der Waals surface area contributed by atoms with E-state index in [0.717, 1.165) is 60.6 Å². The summed E-state index contributed by atoms with van der Waals surface area (Å²) in [5, 5.41) is 5.11. The number of aryl methyl sites for hydroxylation is 2. The van der Waals surface area contributed by atoms with Crippen molar-refractivity contribution in [2.24, 2.45) is 7.05 Å². The van der Waals surface area contributed by atoms with Gasteiger partial charge in [0.25, 0.3) is 5.56 Å². The maximum atomic E-state index is 13.3. The zero-order valence-electron chi connectivity index (χ0n) is 16.5. The number of aromatic nitrogens is 3. The maximum absolute atomic E-state index is 13.3. The van der Waals surface area contributed by atoms with Crippen LogP contribution in [-0.2, 0) is 13.5 Å². The lowest BCUT2D eigenvalue weighted by Crippen LogP contribution is -2.36. The molecule has 0 unspecified atom stereocenters. The van der Waals surface area contributed by atoms with Crippen molar-refractivity contribution in [2.75, 3.05) is 19.6 Å². The molecule has 0 N–H and O–H groups in total. The molecular formula is C21H25FN4O2. The van der Waals surface area contributed by atoms with Crippen molar-refractivity contribution in [1.29, 1.82) is 0 Å². The predicted octanol–water partition coefficient (Wildman–Crippen LogP) is 3.10. The Balaban J connectivity index is 1.40. The van der Waals surface area contributed by atoms with Crippen LogP contribution in [0.2, 0.25) is 0 Å². The van der Waals surface area contributed by atoms with Gasteiger partial charge < -0.3 is 9.42 Å². The van der Waals surface area contributed by atoms with Crippen LogP contribution >= 0.6 is 0 Å². The number of benzene rings is 1. The Bertz CT molecular complexity index is 1060. The smallest absolute Gasteiger partial charge is 0.256 e. The standard InChI is InChI=1S/C21H25FN4O2/c1-13-17(21(27)25(3)14(2)23-13)8-11-26-9-6-15(7-10-26)20-18-5-4-16(22)12-19(18)28-24-20/h4-5,12,15H,6-11H2,1-3H3. The van der Waals surface area contributed by atoms with E-state index < -0.39 is 0 Å². The van der Waals surface area contributed by atoms with Crippen LogP contribution in [-0.4, -0.2) is 39.2 Å². The molecule has 0 amide bonds.